The van der Waals surface area contributed by atoms with Crippen molar-refractivity contribution >= 4 is 5.91 Å². The van der Waals surface area contributed by atoms with Gasteiger partial charge in [0.1, 0.15) is 6.04 Å². The Morgan fingerprint density at radius 1 is 1.32 bits per heavy atom. The fraction of sp³-hybridized carbons (Fsp3) is 0.385. The smallest absolute Gasteiger partial charge is 0.336 e. The van der Waals surface area contributed by atoms with Crippen LogP contribution in [0.25, 0.3) is 0 Å². The highest BCUT2D eigenvalue weighted by Crippen LogP contribution is 2.32. The van der Waals surface area contributed by atoms with Crippen LogP contribution in [-0.4, -0.2) is 11.9 Å². The van der Waals surface area contributed by atoms with Crippen LogP contribution in [0.3, 0.4) is 0 Å². The van der Waals surface area contributed by atoms with Crippen molar-refractivity contribution in [1.29, 1.82) is 5.26 Å². The topological polar surface area (TPSA) is 52.9 Å². The van der Waals surface area contributed by atoms with Crippen LogP contribution in [0.15, 0.2) is 24.3 Å². The minimum Gasteiger partial charge on any atom is -0.336 e. The van der Waals surface area contributed by atoms with Crippen LogP contribution in [0.2, 0.25) is 0 Å². The number of nitriles is 1. The van der Waals surface area contributed by atoms with Gasteiger partial charge in [-0.05, 0) is 43.0 Å². The summed E-state index contributed by atoms with van der Waals surface area (Å²) in [7, 11) is 0. The summed E-state index contributed by atoms with van der Waals surface area (Å²) in [5, 5.41) is 11.4. The van der Waals surface area contributed by atoms with E-state index in [1.165, 1.54) is 0 Å². The maximum Gasteiger partial charge on any atom is 0.416 e. The number of benzene rings is 1. The first-order chi connectivity index (χ1) is 8.91. The monoisotopic (exact) mass is 268 g/mol. The maximum atomic E-state index is 12.4. The molecule has 0 spiro atoms. The molecule has 1 atom stereocenters. The van der Waals surface area contributed by atoms with E-state index in [1.54, 1.807) is 0 Å². The number of carbonyl (C=O) groups excluding carboxylic acids is 1. The molecule has 1 amide bonds. The molecule has 100 valence electrons. The molecule has 0 saturated heterocycles. The molecule has 1 aromatic carbocycles. The van der Waals surface area contributed by atoms with Crippen molar-refractivity contribution in [3.63, 3.8) is 0 Å². The van der Waals surface area contributed by atoms with E-state index in [9.17, 15) is 18.0 Å². The standard InChI is InChI=1S/C13H11F3N2O/c14-13(15,16)10-5-3-9(4-6-10)12(19)18-11(7-17)8-1-2-8/h3-6,8,11H,1-2H2,(H,18,19). The highest BCUT2D eigenvalue weighted by Gasteiger charge is 2.33. The summed E-state index contributed by atoms with van der Waals surface area (Å²) in [4.78, 5) is 11.8. The van der Waals surface area contributed by atoms with Gasteiger partial charge < -0.3 is 5.32 Å². The van der Waals surface area contributed by atoms with Crippen molar-refractivity contribution in [1.82, 2.24) is 5.32 Å². The zero-order valence-electron chi connectivity index (χ0n) is 9.87. The largest absolute Gasteiger partial charge is 0.416 e. The van der Waals surface area contributed by atoms with Gasteiger partial charge in [-0.2, -0.15) is 18.4 Å². The SMILES string of the molecule is N#CC(NC(=O)c1ccc(C(F)(F)F)cc1)C1CC1. The average Bonchev–Trinajstić information content (AvgIpc) is 3.19. The molecule has 1 unspecified atom stereocenters. The fourth-order valence-corrected chi connectivity index (χ4v) is 1.72. The number of hydrogen-bond donors (Lipinski definition) is 1. The zero-order valence-corrected chi connectivity index (χ0v) is 9.87. The summed E-state index contributed by atoms with van der Waals surface area (Å²) in [6.07, 6.45) is -2.63. The molecule has 1 N–H and O–H groups in total. The molecular weight excluding hydrogens is 257 g/mol. The quantitative estimate of drug-likeness (QED) is 0.916. The molecule has 6 heteroatoms. The van der Waals surface area contributed by atoms with Crippen molar-refractivity contribution in [2.45, 2.75) is 25.1 Å². The number of halogens is 3. The first-order valence-corrected chi connectivity index (χ1v) is 5.79. The Morgan fingerprint density at radius 3 is 2.32 bits per heavy atom. The molecule has 0 aliphatic heterocycles. The number of alkyl halides is 3. The molecule has 19 heavy (non-hydrogen) atoms. The summed E-state index contributed by atoms with van der Waals surface area (Å²) < 4.78 is 37.1. The minimum atomic E-state index is -4.42. The second-order valence-corrected chi connectivity index (χ2v) is 4.49. The van der Waals surface area contributed by atoms with Crippen LogP contribution in [0.4, 0.5) is 13.2 Å². The Labute approximate surface area is 108 Å². The third-order valence-electron chi connectivity index (χ3n) is 2.99. The summed E-state index contributed by atoms with van der Waals surface area (Å²) in [6.45, 7) is 0. The minimum absolute atomic E-state index is 0.119. The predicted molar refractivity (Wildman–Crippen MR) is 61.0 cm³/mol. The molecule has 3 nitrogen and oxygen atoms in total. The highest BCUT2D eigenvalue weighted by atomic mass is 19.4. The molecule has 2 rings (SSSR count). The van der Waals surface area contributed by atoms with Crippen LogP contribution in [0, 0.1) is 17.2 Å². The van der Waals surface area contributed by atoms with E-state index in [1.807, 2.05) is 6.07 Å². The van der Waals surface area contributed by atoms with E-state index in [0.29, 0.717) is 0 Å². The third-order valence-corrected chi connectivity index (χ3v) is 2.99. The van der Waals surface area contributed by atoms with Gasteiger partial charge >= 0.3 is 6.18 Å². The first-order valence-electron chi connectivity index (χ1n) is 5.79. The Bertz CT molecular complexity index is 512. The van der Waals surface area contributed by atoms with E-state index in [-0.39, 0.29) is 11.5 Å². The van der Waals surface area contributed by atoms with E-state index >= 15 is 0 Å². The lowest BCUT2D eigenvalue weighted by Crippen LogP contribution is -2.35. The molecule has 1 aliphatic carbocycles. The van der Waals surface area contributed by atoms with E-state index in [4.69, 9.17) is 5.26 Å². The van der Waals surface area contributed by atoms with Crippen molar-refractivity contribution in [2.24, 2.45) is 5.92 Å². The summed E-state index contributed by atoms with van der Waals surface area (Å²) in [5.41, 5.74) is -0.683. The Kier molecular flexibility index (Phi) is 3.47. The van der Waals surface area contributed by atoms with Crippen molar-refractivity contribution in [3.8, 4) is 6.07 Å². The molecule has 1 aromatic rings. The van der Waals surface area contributed by atoms with Gasteiger partial charge in [0.25, 0.3) is 5.91 Å². The number of hydrogen-bond acceptors (Lipinski definition) is 2. The summed E-state index contributed by atoms with van der Waals surface area (Å²) >= 11 is 0. The van der Waals surface area contributed by atoms with E-state index in [2.05, 4.69) is 5.32 Å². The van der Waals surface area contributed by atoms with Gasteiger partial charge in [-0.15, -0.1) is 0 Å². The van der Waals surface area contributed by atoms with E-state index < -0.39 is 23.7 Å². The lowest BCUT2D eigenvalue weighted by atomic mass is 10.1. The Balaban J connectivity index is 2.05. The van der Waals surface area contributed by atoms with Crippen molar-refractivity contribution in [2.75, 3.05) is 0 Å². The normalized spacial score (nSPS) is 16.5. The number of nitrogens with zero attached hydrogens (tertiary/aromatic N) is 1. The van der Waals surface area contributed by atoms with Gasteiger partial charge in [0.05, 0.1) is 11.6 Å². The highest BCUT2D eigenvalue weighted by molar-refractivity contribution is 5.94. The lowest BCUT2D eigenvalue weighted by Gasteiger charge is -2.11. The second-order valence-electron chi connectivity index (χ2n) is 4.49. The molecule has 1 aliphatic rings. The summed E-state index contributed by atoms with van der Waals surface area (Å²) in [5.74, 6) is -0.351. The van der Waals surface area contributed by atoms with Crippen molar-refractivity contribution in [3.05, 3.63) is 35.4 Å². The Hall–Kier alpha value is -2.03. The number of nitrogens with one attached hydrogen (secondary N) is 1. The second kappa shape index (κ2) is 4.92. The molecule has 1 fully saturated rings. The van der Waals surface area contributed by atoms with Gasteiger partial charge in [0, 0.05) is 5.56 Å². The van der Waals surface area contributed by atoms with Crippen LogP contribution >= 0.6 is 0 Å². The fourth-order valence-electron chi connectivity index (χ4n) is 1.72. The first kappa shape index (κ1) is 13.4. The number of carbonyl (C=O) groups is 1. The van der Waals surface area contributed by atoms with Gasteiger partial charge in [-0.25, -0.2) is 0 Å². The van der Waals surface area contributed by atoms with Gasteiger partial charge in [0.15, 0.2) is 0 Å². The molecule has 0 aromatic heterocycles. The number of amides is 1. The van der Waals surface area contributed by atoms with Crippen LogP contribution < -0.4 is 5.32 Å². The van der Waals surface area contributed by atoms with Crippen LogP contribution in [0.5, 0.6) is 0 Å². The average molecular weight is 268 g/mol. The molecule has 1 saturated carbocycles. The maximum absolute atomic E-state index is 12.4. The molecule has 0 bridgehead atoms. The molecule has 0 radical (unpaired) electrons. The van der Waals surface area contributed by atoms with Crippen LogP contribution in [-0.2, 0) is 6.18 Å². The molecule has 0 heterocycles. The zero-order chi connectivity index (χ0) is 14.0. The summed E-state index contributed by atoms with van der Waals surface area (Å²) in [6, 6.07) is 5.36. The predicted octanol–water partition coefficient (Wildman–Crippen LogP) is 2.74. The van der Waals surface area contributed by atoms with E-state index in [0.717, 1.165) is 37.1 Å². The lowest BCUT2D eigenvalue weighted by molar-refractivity contribution is -0.137. The van der Waals surface area contributed by atoms with Gasteiger partial charge in [-0.3, -0.25) is 4.79 Å². The van der Waals surface area contributed by atoms with Gasteiger partial charge in [0.2, 0.25) is 0 Å². The third kappa shape index (κ3) is 3.25. The Morgan fingerprint density at radius 2 is 1.89 bits per heavy atom. The molecular formula is C13H11F3N2O. The van der Waals surface area contributed by atoms with Gasteiger partial charge in [-0.1, -0.05) is 0 Å². The van der Waals surface area contributed by atoms with Crippen molar-refractivity contribution < 1.29 is 18.0 Å². The number of rotatable bonds is 3. The van der Waals surface area contributed by atoms with Crippen LogP contribution in [0.1, 0.15) is 28.8 Å².